The van der Waals surface area contributed by atoms with Gasteiger partial charge in [-0.05, 0) is 47.4 Å². The van der Waals surface area contributed by atoms with E-state index >= 15 is 0 Å². The molecule has 0 saturated carbocycles. The number of ether oxygens (including phenoxy) is 6. The molecule has 0 radical (unpaired) electrons. The minimum absolute atomic E-state index is 0.0967. The normalized spacial score (nSPS) is 19.8. The van der Waals surface area contributed by atoms with E-state index in [0.717, 1.165) is 60.0 Å². The predicted molar refractivity (Wildman–Crippen MR) is 164 cm³/mol. The summed E-state index contributed by atoms with van der Waals surface area (Å²) in [5.41, 5.74) is 4.11. The summed E-state index contributed by atoms with van der Waals surface area (Å²) in [4.78, 5) is 17.3. The van der Waals surface area contributed by atoms with E-state index in [9.17, 15) is 4.79 Å². The number of likely N-dealkylation sites (tertiary alicyclic amines) is 1. The summed E-state index contributed by atoms with van der Waals surface area (Å²) in [5.74, 6) is 1.57. The Kier molecular flexibility index (Phi) is 10.8. The third kappa shape index (κ3) is 7.79. The maximum absolute atomic E-state index is 13.2. The van der Waals surface area contributed by atoms with Gasteiger partial charge in [-0.3, -0.25) is 0 Å². The van der Waals surface area contributed by atoms with Crippen molar-refractivity contribution in [2.45, 2.75) is 37.8 Å². The van der Waals surface area contributed by atoms with Gasteiger partial charge < -0.3 is 38.2 Å². The first-order chi connectivity index (χ1) is 21.1. The van der Waals surface area contributed by atoms with Crippen LogP contribution in [0.25, 0.3) is 0 Å². The van der Waals surface area contributed by atoms with E-state index < -0.39 is 0 Å². The molecule has 0 N–H and O–H groups in total. The summed E-state index contributed by atoms with van der Waals surface area (Å²) in [7, 11) is 5.06. The van der Waals surface area contributed by atoms with E-state index in [1.807, 2.05) is 66.7 Å². The molecule has 3 aromatic carbocycles. The molecule has 230 valence electrons. The van der Waals surface area contributed by atoms with Crippen molar-refractivity contribution < 1.29 is 33.2 Å². The van der Waals surface area contributed by atoms with Crippen molar-refractivity contribution in [2.75, 3.05) is 65.6 Å². The second kappa shape index (κ2) is 15.1. The van der Waals surface area contributed by atoms with Crippen LogP contribution in [-0.2, 0) is 32.2 Å². The number of anilines is 1. The number of piperidine rings is 1. The summed E-state index contributed by atoms with van der Waals surface area (Å²) in [5, 5.41) is 0. The van der Waals surface area contributed by atoms with Gasteiger partial charge in [0.2, 0.25) is 0 Å². The molecule has 2 aliphatic heterocycles. The summed E-state index contributed by atoms with van der Waals surface area (Å²) in [6, 6.07) is 23.9. The van der Waals surface area contributed by atoms with E-state index in [-0.39, 0.29) is 30.8 Å². The molecule has 2 aliphatic rings. The number of hydrogen-bond donors (Lipinski definition) is 0. The summed E-state index contributed by atoms with van der Waals surface area (Å²) in [6.45, 7) is 4.46. The van der Waals surface area contributed by atoms with Gasteiger partial charge in [0.05, 0.1) is 51.2 Å². The van der Waals surface area contributed by atoms with Gasteiger partial charge in [-0.2, -0.15) is 0 Å². The maximum atomic E-state index is 13.2. The lowest BCUT2D eigenvalue weighted by Crippen LogP contribution is -2.54. The van der Waals surface area contributed by atoms with Crippen LogP contribution in [0.4, 0.5) is 10.5 Å². The van der Waals surface area contributed by atoms with Crippen molar-refractivity contribution in [1.82, 2.24) is 4.90 Å². The zero-order chi connectivity index (χ0) is 30.0. The molecule has 0 bridgehead atoms. The molecule has 9 heteroatoms. The molecule has 9 nitrogen and oxygen atoms in total. The molecule has 1 saturated heterocycles. The minimum atomic E-state index is -0.384. The van der Waals surface area contributed by atoms with Crippen LogP contribution in [0.2, 0.25) is 0 Å². The van der Waals surface area contributed by atoms with Crippen LogP contribution in [-0.4, -0.2) is 83.9 Å². The summed E-state index contributed by atoms with van der Waals surface area (Å²) >= 11 is 0. The van der Waals surface area contributed by atoms with Gasteiger partial charge in [0.25, 0.3) is 0 Å². The van der Waals surface area contributed by atoms with Crippen molar-refractivity contribution in [3.8, 4) is 11.5 Å². The van der Waals surface area contributed by atoms with Crippen molar-refractivity contribution in [3.05, 3.63) is 89.5 Å². The average Bonchev–Trinajstić information content (AvgIpc) is 3.06. The quantitative estimate of drug-likeness (QED) is 0.264. The van der Waals surface area contributed by atoms with Gasteiger partial charge in [0.15, 0.2) is 0 Å². The standard InChI is InChI=1S/C34H42N2O7/c1-38-18-7-16-35-17-19-41-30-15-10-26(20-29(30)35)24-42-32-22-36(34(37)43-23-25-8-5-4-6-9-25)21-31(40-3)33(32)27-11-13-28(39-2)14-12-27/h4-6,8-15,20,31-33H,7,16-19,21-24H2,1-3H3. The molecular weight excluding hydrogens is 548 g/mol. The van der Waals surface area contributed by atoms with E-state index in [4.69, 9.17) is 28.4 Å². The first-order valence-electron chi connectivity index (χ1n) is 14.8. The molecule has 2 heterocycles. The number of methoxy groups -OCH3 is 3. The third-order valence-corrected chi connectivity index (χ3v) is 8.09. The number of carbonyl (C=O) groups is 1. The fourth-order valence-electron chi connectivity index (χ4n) is 5.81. The maximum Gasteiger partial charge on any atom is 0.410 e. The number of benzene rings is 3. The molecule has 3 unspecified atom stereocenters. The predicted octanol–water partition coefficient (Wildman–Crippen LogP) is 5.27. The lowest BCUT2D eigenvalue weighted by molar-refractivity contribution is -0.0806. The Morgan fingerprint density at radius 2 is 1.70 bits per heavy atom. The average molecular weight is 591 g/mol. The number of rotatable bonds is 12. The number of nitrogens with zero attached hydrogens (tertiary/aromatic N) is 2. The number of carbonyl (C=O) groups excluding carboxylic acids is 1. The van der Waals surface area contributed by atoms with Crippen molar-refractivity contribution in [1.29, 1.82) is 0 Å². The molecule has 43 heavy (non-hydrogen) atoms. The molecule has 3 atom stereocenters. The Balaban J connectivity index is 1.34. The van der Waals surface area contributed by atoms with Gasteiger partial charge in [-0.25, -0.2) is 4.79 Å². The highest BCUT2D eigenvalue weighted by atomic mass is 16.6. The van der Waals surface area contributed by atoms with Crippen molar-refractivity contribution in [2.24, 2.45) is 0 Å². The number of amides is 1. The van der Waals surface area contributed by atoms with Crippen LogP contribution in [0.1, 0.15) is 29.0 Å². The minimum Gasteiger partial charge on any atom is -0.497 e. The molecule has 5 rings (SSSR count). The van der Waals surface area contributed by atoms with E-state index in [1.165, 1.54) is 0 Å². The topological polar surface area (TPSA) is 78.9 Å². The number of fused-ring (bicyclic) bond motifs is 1. The summed E-state index contributed by atoms with van der Waals surface area (Å²) < 4.78 is 34.9. The fourth-order valence-corrected chi connectivity index (χ4v) is 5.81. The molecular formula is C34H42N2O7. The molecule has 0 spiro atoms. The highest BCUT2D eigenvalue weighted by molar-refractivity contribution is 5.68. The number of hydrogen-bond acceptors (Lipinski definition) is 8. The Hall–Kier alpha value is -3.79. The smallest absolute Gasteiger partial charge is 0.410 e. The first-order valence-corrected chi connectivity index (χ1v) is 14.8. The molecule has 1 fully saturated rings. The zero-order valence-corrected chi connectivity index (χ0v) is 25.3. The Morgan fingerprint density at radius 1 is 0.907 bits per heavy atom. The largest absolute Gasteiger partial charge is 0.497 e. The van der Waals surface area contributed by atoms with Crippen LogP contribution >= 0.6 is 0 Å². The van der Waals surface area contributed by atoms with Crippen molar-refractivity contribution in [3.63, 3.8) is 0 Å². The van der Waals surface area contributed by atoms with Crippen LogP contribution in [0, 0.1) is 0 Å². The Morgan fingerprint density at radius 3 is 2.44 bits per heavy atom. The van der Waals surface area contributed by atoms with Gasteiger partial charge in [-0.1, -0.05) is 48.5 Å². The SMILES string of the molecule is COCCCN1CCOc2ccc(COC3CN(C(=O)OCc4ccccc4)CC(OC)C3c3ccc(OC)cc3)cc21. The lowest BCUT2D eigenvalue weighted by atomic mass is 9.84. The second-order valence-electron chi connectivity index (χ2n) is 10.9. The van der Waals surface area contributed by atoms with Crippen LogP contribution in [0.3, 0.4) is 0 Å². The lowest BCUT2D eigenvalue weighted by Gasteiger charge is -2.42. The fraction of sp³-hybridized carbons (Fsp3) is 0.441. The molecule has 0 aromatic heterocycles. The highest BCUT2D eigenvalue weighted by Crippen LogP contribution is 2.36. The summed E-state index contributed by atoms with van der Waals surface area (Å²) in [6.07, 6.45) is -0.0620. The Labute approximate surface area is 254 Å². The van der Waals surface area contributed by atoms with E-state index in [1.54, 1.807) is 26.2 Å². The van der Waals surface area contributed by atoms with Crippen molar-refractivity contribution >= 4 is 11.8 Å². The molecule has 1 amide bonds. The molecule has 3 aromatic rings. The Bertz CT molecular complexity index is 1300. The van der Waals surface area contributed by atoms with Gasteiger partial charge in [0.1, 0.15) is 24.7 Å². The zero-order valence-electron chi connectivity index (χ0n) is 25.3. The van der Waals surface area contributed by atoms with Gasteiger partial charge >= 0.3 is 6.09 Å². The monoisotopic (exact) mass is 590 g/mol. The first kappa shape index (κ1) is 30.7. The highest BCUT2D eigenvalue weighted by Gasteiger charge is 2.41. The van der Waals surface area contributed by atoms with Crippen LogP contribution in [0.15, 0.2) is 72.8 Å². The van der Waals surface area contributed by atoms with Gasteiger partial charge in [-0.15, -0.1) is 0 Å². The van der Waals surface area contributed by atoms with E-state index in [2.05, 4.69) is 11.0 Å². The van der Waals surface area contributed by atoms with E-state index in [0.29, 0.717) is 26.3 Å². The third-order valence-electron chi connectivity index (χ3n) is 8.09. The second-order valence-corrected chi connectivity index (χ2v) is 10.9. The van der Waals surface area contributed by atoms with Crippen LogP contribution < -0.4 is 14.4 Å². The molecule has 0 aliphatic carbocycles. The van der Waals surface area contributed by atoms with Crippen LogP contribution in [0.5, 0.6) is 11.5 Å². The van der Waals surface area contributed by atoms with Gasteiger partial charge in [0, 0.05) is 33.3 Å².